The van der Waals surface area contributed by atoms with Crippen LogP contribution in [0.25, 0.3) is 0 Å². The summed E-state index contributed by atoms with van der Waals surface area (Å²) in [6.07, 6.45) is 3.22. The average Bonchev–Trinajstić information content (AvgIpc) is 3.04. The summed E-state index contributed by atoms with van der Waals surface area (Å²) in [7, 11) is 0. The second kappa shape index (κ2) is 7.97. The number of carboxylic acid groups (broad SMARTS) is 1. The molecule has 7 heteroatoms. The number of fused-ring (bicyclic) bond motifs is 1. The van der Waals surface area contributed by atoms with Gasteiger partial charge in [-0.3, -0.25) is 14.3 Å². The number of carbonyl (C=O) groups excluding carboxylic acids is 1. The molecule has 2 aliphatic rings. The van der Waals surface area contributed by atoms with Crippen molar-refractivity contribution in [2.45, 2.75) is 52.1 Å². The first kappa shape index (κ1) is 19.6. The second-order valence-corrected chi connectivity index (χ2v) is 8.19. The van der Waals surface area contributed by atoms with Crippen LogP contribution < -0.4 is 0 Å². The van der Waals surface area contributed by atoms with Crippen molar-refractivity contribution in [2.75, 3.05) is 6.54 Å². The number of aromatic nitrogens is 2. The van der Waals surface area contributed by atoms with Gasteiger partial charge < -0.3 is 10.0 Å². The number of carboxylic acids is 1. The maximum absolute atomic E-state index is 13.2. The highest BCUT2D eigenvalue weighted by Gasteiger charge is 2.34. The number of benzene rings is 1. The van der Waals surface area contributed by atoms with Gasteiger partial charge in [-0.15, -0.1) is 0 Å². The molecule has 1 aromatic heterocycles. The molecule has 0 spiro atoms. The third-order valence-corrected chi connectivity index (χ3v) is 6.32. The third-order valence-electron chi connectivity index (χ3n) is 6.32. The molecule has 1 aliphatic heterocycles. The van der Waals surface area contributed by atoms with Crippen LogP contribution in [0.15, 0.2) is 24.3 Å². The highest BCUT2D eigenvalue weighted by Crippen LogP contribution is 2.32. The Morgan fingerprint density at radius 3 is 2.45 bits per heavy atom. The van der Waals surface area contributed by atoms with Crippen molar-refractivity contribution in [1.29, 1.82) is 0 Å². The smallest absolute Gasteiger partial charge is 0.306 e. The van der Waals surface area contributed by atoms with E-state index in [1.165, 1.54) is 17.7 Å². The van der Waals surface area contributed by atoms with Gasteiger partial charge in [0.05, 0.1) is 30.4 Å². The summed E-state index contributed by atoms with van der Waals surface area (Å²) in [6, 6.07) is 6.40. The van der Waals surface area contributed by atoms with Crippen LogP contribution in [-0.2, 0) is 29.1 Å². The number of aliphatic carboxylic acids is 1. The fourth-order valence-corrected chi connectivity index (χ4v) is 4.60. The van der Waals surface area contributed by atoms with Crippen molar-refractivity contribution in [2.24, 2.45) is 11.8 Å². The lowest BCUT2D eigenvalue weighted by molar-refractivity contribution is -0.146. The predicted octanol–water partition coefficient (Wildman–Crippen LogP) is 3.15. The van der Waals surface area contributed by atoms with Gasteiger partial charge in [-0.2, -0.15) is 5.10 Å². The molecule has 0 saturated heterocycles. The van der Waals surface area contributed by atoms with E-state index in [4.69, 9.17) is 5.11 Å². The lowest BCUT2D eigenvalue weighted by Gasteiger charge is -2.33. The number of hydrogen-bond acceptors (Lipinski definition) is 3. The minimum atomic E-state index is -0.751. The quantitative estimate of drug-likeness (QED) is 0.857. The van der Waals surface area contributed by atoms with Crippen LogP contribution in [0.1, 0.15) is 48.2 Å². The van der Waals surface area contributed by atoms with Gasteiger partial charge in [-0.05, 0) is 62.3 Å². The summed E-state index contributed by atoms with van der Waals surface area (Å²) >= 11 is 0. The predicted molar refractivity (Wildman–Crippen MR) is 105 cm³/mol. The van der Waals surface area contributed by atoms with Crippen molar-refractivity contribution in [3.63, 3.8) is 0 Å². The molecule has 154 valence electrons. The summed E-state index contributed by atoms with van der Waals surface area (Å²) in [6.45, 7) is 3.73. The monoisotopic (exact) mass is 399 g/mol. The number of hydrogen-bond donors (Lipinski definition) is 1. The fourth-order valence-electron chi connectivity index (χ4n) is 4.60. The number of amides is 1. The molecule has 0 unspecified atom stereocenters. The summed E-state index contributed by atoms with van der Waals surface area (Å²) in [4.78, 5) is 26.1. The summed E-state index contributed by atoms with van der Waals surface area (Å²) in [5.74, 6) is -1.28. The Bertz CT molecular complexity index is 914. The van der Waals surface area contributed by atoms with E-state index in [-0.39, 0.29) is 23.6 Å². The van der Waals surface area contributed by atoms with Gasteiger partial charge in [0.1, 0.15) is 5.82 Å². The lowest BCUT2D eigenvalue weighted by Crippen LogP contribution is -2.41. The first-order chi connectivity index (χ1) is 13.9. The maximum Gasteiger partial charge on any atom is 0.306 e. The molecule has 1 aromatic carbocycles. The van der Waals surface area contributed by atoms with Crippen molar-refractivity contribution in [1.82, 2.24) is 14.7 Å². The van der Waals surface area contributed by atoms with Crippen molar-refractivity contribution in [3.8, 4) is 0 Å². The van der Waals surface area contributed by atoms with Gasteiger partial charge in [0, 0.05) is 12.5 Å². The van der Waals surface area contributed by atoms with E-state index in [0.29, 0.717) is 45.3 Å². The van der Waals surface area contributed by atoms with Gasteiger partial charge in [-0.25, -0.2) is 4.39 Å². The summed E-state index contributed by atoms with van der Waals surface area (Å²) < 4.78 is 15.1. The molecule has 6 nitrogen and oxygen atoms in total. The second-order valence-electron chi connectivity index (χ2n) is 8.19. The molecular formula is C22H26FN3O3. The molecule has 4 rings (SSSR count). The number of nitrogens with zero attached hydrogens (tertiary/aromatic N) is 3. The first-order valence-corrected chi connectivity index (χ1v) is 10.2. The van der Waals surface area contributed by atoms with Crippen LogP contribution in [0.5, 0.6) is 0 Å². The van der Waals surface area contributed by atoms with Crippen LogP contribution in [0.4, 0.5) is 4.39 Å². The van der Waals surface area contributed by atoms with E-state index < -0.39 is 5.97 Å². The van der Waals surface area contributed by atoms with Gasteiger partial charge in [-0.1, -0.05) is 12.1 Å². The van der Waals surface area contributed by atoms with Crippen molar-refractivity contribution < 1.29 is 19.1 Å². The Labute approximate surface area is 169 Å². The molecule has 1 saturated carbocycles. The van der Waals surface area contributed by atoms with Gasteiger partial charge >= 0.3 is 5.97 Å². The highest BCUT2D eigenvalue weighted by molar-refractivity contribution is 5.79. The van der Waals surface area contributed by atoms with Crippen LogP contribution >= 0.6 is 0 Å². The molecular weight excluding hydrogens is 373 g/mol. The minimum absolute atomic E-state index is 0.0817. The molecule has 1 amide bonds. The molecule has 0 radical (unpaired) electrons. The normalized spacial score (nSPS) is 21.7. The van der Waals surface area contributed by atoms with E-state index in [9.17, 15) is 14.0 Å². The maximum atomic E-state index is 13.2. The number of halogens is 1. The van der Waals surface area contributed by atoms with Crippen LogP contribution in [-0.4, -0.2) is 38.2 Å². The SMILES string of the molecule is Cc1nn(Cc2ccc(F)cc2)c2c1CCN(C(=O)[C@H]1CC[C@H](C(=O)O)CC1)C2. The number of carbonyl (C=O) groups is 2. The molecule has 1 fully saturated rings. The minimum Gasteiger partial charge on any atom is -0.481 e. The molecule has 2 aromatic rings. The summed E-state index contributed by atoms with van der Waals surface area (Å²) in [5, 5.41) is 13.8. The Hall–Kier alpha value is -2.70. The topological polar surface area (TPSA) is 75.4 Å². The van der Waals surface area contributed by atoms with E-state index in [0.717, 1.165) is 23.4 Å². The lowest BCUT2D eigenvalue weighted by atomic mass is 9.81. The van der Waals surface area contributed by atoms with Gasteiger partial charge in [0.2, 0.25) is 5.91 Å². The Morgan fingerprint density at radius 1 is 1.14 bits per heavy atom. The van der Waals surface area contributed by atoms with Gasteiger partial charge in [0.15, 0.2) is 0 Å². The molecule has 1 aliphatic carbocycles. The van der Waals surface area contributed by atoms with E-state index in [1.54, 1.807) is 12.1 Å². The average molecular weight is 399 g/mol. The standard InChI is InChI=1S/C22H26FN3O3/c1-14-19-10-11-25(21(27)16-4-6-17(7-5-16)22(28)29)13-20(19)26(24-14)12-15-2-8-18(23)9-3-15/h2-3,8-9,16-17H,4-7,10-13H2,1H3,(H,28,29)/t16-,17-. The van der Waals surface area contributed by atoms with E-state index in [2.05, 4.69) is 5.10 Å². The van der Waals surface area contributed by atoms with Crippen molar-refractivity contribution in [3.05, 3.63) is 52.6 Å². The largest absolute Gasteiger partial charge is 0.481 e. The summed E-state index contributed by atoms with van der Waals surface area (Å²) in [5.41, 5.74) is 4.19. The molecule has 1 N–H and O–H groups in total. The highest BCUT2D eigenvalue weighted by atomic mass is 19.1. The Morgan fingerprint density at radius 2 is 1.79 bits per heavy atom. The molecule has 0 atom stereocenters. The number of rotatable bonds is 4. The molecule has 2 heterocycles. The Kier molecular flexibility index (Phi) is 5.39. The van der Waals surface area contributed by atoms with Crippen LogP contribution in [0.3, 0.4) is 0 Å². The zero-order chi connectivity index (χ0) is 20.5. The van der Waals surface area contributed by atoms with Crippen molar-refractivity contribution >= 4 is 11.9 Å². The van der Waals surface area contributed by atoms with Crippen LogP contribution in [0, 0.1) is 24.6 Å². The molecule has 29 heavy (non-hydrogen) atoms. The number of aryl methyl sites for hydroxylation is 1. The van der Waals surface area contributed by atoms with Crippen LogP contribution in [0.2, 0.25) is 0 Å². The Balaban J connectivity index is 1.47. The zero-order valence-electron chi connectivity index (χ0n) is 16.6. The molecule has 0 bridgehead atoms. The van der Waals surface area contributed by atoms with Gasteiger partial charge in [0.25, 0.3) is 0 Å². The van der Waals surface area contributed by atoms with E-state index >= 15 is 0 Å². The fraction of sp³-hybridized carbons (Fsp3) is 0.500. The zero-order valence-corrected chi connectivity index (χ0v) is 16.6. The third kappa shape index (κ3) is 4.04. The van der Waals surface area contributed by atoms with E-state index in [1.807, 2.05) is 16.5 Å². The first-order valence-electron chi connectivity index (χ1n) is 10.2.